The van der Waals surface area contributed by atoms with E-state index in [1.54, 1.807) is 7.11 Å². The van der Waals surface area contributed by atoms with E-state index in [1.165, 1.54) is 5.56 Å². The lowest BCUT2D eigenvalue weighted by Crippen LogP contribution is -2.38. The summed E-state index contributed by atoms with van der Waals surface area (Å²) in [7, 11) is 1.62. The van der Waals surface area contributed by atoms with E-state index in [0.29, 0.717) is 0 Å². The van der Waals surface area contributed by atoms with Crippen LogP contribution in [0.3, 0.4) is 0 Å². The zero-order valence-corrected chi connectivity index (χ0v) is 14.6. The molecule has 2 aromatic rings. The van der Waals surface area contributed by atoms with Gasteiger partial charge in [-0.3, -0.25) is 0 Å². The van der Waals surface area contributed by atoms with Gasteiger partial charge in [0, 0.05) is 0 Å². The van der Waals surface area contributed by atoms with Crippen LogP contribution < -0.4 is 20.1 Å². The van der Waals surface area contributed by atoms with Crippen LogP contribution in [0.1, 0.15) is 29.7 Å². The molecule has 128 valence electrons. The van der Waals surface area contributed by atoms with Crippen molar-refractivity contribution in [2.24, 2.45) is 0 Å². The molecule has 0 aliphatic carbocycles. The van der Waals surface area contributed by atoms with E-state index < -0.39 is 0 Å². The van der Waals surface area contributed by atoms with Crippen LogP contribution in [0.25, 0.3) is 0 Å². The molecule has 0 fully saturated rings. The van der Waals surface area contributed by atoms with Crippen LogP contribution in [0.4, 0.5) is 4.79 Å². The third-order valence-corrected chi connectivity index (χ3v) is 3.91. The molecular weight excluding hydrogens is 304 g/mol. The fourth-order valence-corrected chi connectivity index (χ4v) is 2.21. The average Bonchev–Trinajstić information content (AvgIpc) is 2.58. The van der Waals surface area contributed by atoms with Gasteiger partial charge in [-0.15, -0.1) is 0 Å². The summed E-state index contributed by atoms with van der Waals surface area (Å²) >= 11 is 0. The number of hydrogen-bond donors (Lipinski definition) is 2. The van der Waals surface area contributed by atoms with Gasteiger partial charge in [0.25, 0.3) is 0 Å². The zero-order chi connectivity index (χ0) is 17.5. The Morgan fingerprint density at radius 1 is 1.04 bits per heavy atom. The molecule has 0 aliphatic rings. The lowest BCUT2D eigenvalue weighted by Gasteiger charge is -2.16. The number of hydrogen-bond acceptors (Lipinski definition) is 3. The quantitative estimate of drug-likeness (QED) is 0.795. The lowest BCUT2D eigenvalue weighted by atomic mass is 10.1. The highest BCUT2D eigenvalue weighted by atomic mass is 16.5. The summed E-state index contributed by atoms with van der Waals surface area (Å²) in [5.74, 6) is 1.53. The molecule has 2 aromatic carbocycles. The van der Waals surface area contributed by atoms with Crippen molar-refractivity contribution in [2.75, 3.05) is 13.8 Å². The molecule has 1 unspecified atom stereocenters. The van der Waals surface area contributed by atoms with Gasteiger partial charge < -0.3 is 20.1 Å². The summed E-state index contributed by atoms with van der Waals surface area (Å²) < 4.78 is 10.7. The minimum atomic E-state index is -0.276. The first-order chi connectivity index (χ1) is 11.5. The maximum absolute atomic E-state index is 11.9. The SMILES string of the molecule is COc1ccc(C(C)NC(=O)NCOc2ccc(C)c(C)c2)cc1. The van der Waals surface area contributed by atoms with Crippen LogP contribution in [0, 0.1) is 13.8 Å². The Hall–Kier alpha value is -2.69. The van der Waals surface area contributed by atoms with Crippen molar-refractivity contribution in [3.63, 3.8) is 0 Å². The summed E-state index contributed by atoms with van der Waals surface area (Å²) in [5.41, 5.74) is 3.37. The summed E-state index contributed by atoms with van der Waals surface area (Å²) in [6.45, 7) is 6.11. The molecule has 0 bridgehead atoms. The molecule has 0 aromatic heterocycles. The first kappa shape index (κ1) is 17.7. The van der Waals surface area contributed by atoms with Gasteiger partial charge in [-0.25, -0.2) is 4.79 Å². The van der Waals surface area contributed by atoms with Gasteiger partial charge in [0.1, 0.15) is 11.5 Å². The molecule has 0 heterocycles. The highest BCUT2D eigenvalue weighted by Gasteiger charge is 2.09. The monoisotopic (exact) mass is 328 g/mol. The Morgan fingerprint density at radius 3 is 2.33 bits per heavy atom. The number of nitrogens with one attached hydrogen (secondary N) is 2. The molecular formula is C19H24N2O3. The Bertz CT molecular complexity index is 684. The van der Waals surface area contributed by atoms with E-state index in [1.807, 2.05) is 63.2 Å². The van der Waals surface area contributed by atoms with Crippen LogP contribution >= 0.6 is 0 Å². The summed E-state index contributed by atoms with van der Waals surface area (Å²) in [6.07, 6.45) is 0. The van der Waals surface area contributed by atoms with Gasteiger partial charge in [0.2, 0.25) is 0 Å². The van der Waals surface area contributed by atoms with Gasteiger partial charge >= 0.3 is 6.03 Å². The third kappa shape index (κ3) is 4.91. The topological polar surface area (TPSA) is 59.6 Å². The van der Waals surface area contributed by atoms with Crippen molar-refractivity contribution >= 4 is 6.03 Å². The maximum atomic E-state index is 11.9. The van der Waals surface area contributed by atoms with Crippen molar-refractivity contribution in [3.05, 3.63) is 59.2 Å². The first-order valence-electron chi connectivity index (χ1n) is 7.88. The highest BCUT2D eigenvalue weighted by Crippen LogP contribution is 2.17. The number of carbonyl (C=O) groups is 1. The summed E-state index contributed by atoms with van der Waals surface area (Å²) in [6, 6.07) is 13.0. The van der Waals surface area contributed by atoms with Gasteiger partial charge in [-0.1, -0.05) is 18.2 Å². The molecule has 0 aliphatic heterocycles. The number of rotatable bonds is 6. The second kappa shape index (κ2) is 8.24. The molecule has 2 amide bonds. The fraction of sp³-hybridized carbons (Fsp3) is 0.316. The molecule has 5 nitrogen and oxygen atoms in total. The lowest BCUT2D eigenvalue weighted by molar-refractivity contribution is 0.221. The van der Waals surface area contributed by atoms with Crippen molar-refractivity contribution in [1.82, 2.24) is 10.6 Å². The highest BCUT2D eigenvalue weighted by molar-refractivity contribution is 5.74. The smallest absolute Gasteiger partial charge is 0.317 e. The van der Waals surface area contributed by atoms with E-state index >= 15 is 0 Å². The predicted molar refractivity (Wildman–Crippen MR) is 94.5 cm³/mol. The molecule has 1 atom stereocenters. The third-order valence-electron chi connectivity index (χ3n) is 3.91. The molecule has 0 spiro atoms. The molecule has 0 saturated carbocycles. The van der Waals surface area contributed by atoms with E-state index in [2.05, 4.69) is 10.6 Å². The zero-order valence-electron chi connectivity index (χ0n) is 14.6. The molecule has 2 rings (SSSR count). The van der Waals surface area contributed by atoms with Gasteiger partial charge in [-0.2, -0.15) is 0 Å². The predicted octanol–water partition coefficient (Wildman–Crippen LogP) is 3.71. The average molecular weight is 328 g/mol. The molecule has 0 radical (unpaired) electrons. The number of carbonyl (C=O) groups excluding carboxylic acids is 1. The number of urea groups is 1. The van der Waals surface area contributed by atoms with E-state index in [0.717, 1.165) is 22.6 Å². The van der Waals surface area contributed by atoms with Crippen molar-refractivity contribution in [2.45, 2.75) is 26.8 Å². The second-order valence-electron chi connectivity index (χ2n) is 5.68. The van der Waals surface area contributed by atoms with Crippen LogP contribution in [-0.4, -0.2) is 19.9 Å². The number of methoxy groups -OCH3 is 1. The van der Waals surface area contributed by atoms with Crippen LogP contribution in [0.5, 0.6) is 11.5 Å². The van der Waals surface area contributed by atoms with Crippen molar-refractivity contribution in [1.29, 1.82) is 0 Å². The summed E-state index contributed by atoms with van der Waals surface area (Å²) in [4.78, 5) is 11.9. The molecule has 24 heavy (non-hydrogen) atoms. The Morgan fingerprint density at radius 2 is 1.71 bits per heavy atom. The largest absolute Gasteiger partial charge is 0.497 e. The Labute approximate surface area is 143 Å². The van der Waals surface area contributed by atoms with Gasteiger partial charge in [0.05, 0.1) is 13.2 Å². The number of aryl methyl sites for hydroxylation is 2. The van der Waals surface area contributed by atoms with Crippen molar-refractivity contribution in [3.8, 4) is 11.5 Å². The number of amides is 2. The molecule has 5 heteroatoms. The summed E-state index contributed by atoms with van der Waals surface area (Å²) in [5, 5.41) is 5.56. The maximum Gasteiger partial charge on any atom is 0.317 e. The standard InChI is InChI=1S/C19H24N2O3/c1-13-5-8-18(11-14(13)2)24-12-20-19(22)21-15(3)16-6-9-17(23-4)10-7-16/h5-11,15H,12H2,1-4H3,(H2,20,21,22). The fourth-order valence-electron chi connectivity index (χ4n) is 2.21. The van der Waals surface area contributed by atoms with Crippen LogP contribution in [0.15, 0.2) is 42.5 Å². The van der Waals surface area contributed by atoms with Crippen molar-refractivity contribution < 1.29 is 14.3 Å². The van der Waals surface area contributed by atoms with E-state index in [-0.39, 0.29) is 18.8 Å². The first-order valence-corrected chi connectivity index (χ1v) is 7.88. The normalized spacial score (nSPS) is 11.5. The number of ether oxygens (including phenoxy) is 2. The number of benzene rings is 2. The Kier molecular flexibility index (Phi) is 6.07. The second-order valence-corrected chi connectivity index (χ2v) is 5.68. The molecule has 0 saturated heterocycles. The van der Waals surface area contributed by atoms with E-state index in [4.69, 9.17) is 9.47 Å². The van der Waals surface area contributed by atoms with Gasteiger partial charge in [-0.05, 0) is 61.7 Å². The van der Waals surface area contributed by atoms with Gasteiger partial charge in [0.15, 0.2) is 6.73 Å². The van der Waals surface area contributed by atoms with Crippen LogP contribution in [0.2, 0.25) is 0 Å². The van der Waals surface area contributed by atoms with Crippen LogP contribution in [-0.2, 0) is 0 Å². The minimum Gasteiger partial charge on any atom is -0.497 e. The minimum absolute atomic E-state index is 0.113. The Balaban J connectivity index is 1.78. The van der Waals surface area contributed by atoms with E-state index in [9.17, 15) is 4.79 Å². The molecule has 2 N–H and O–H groups in total.